The normalized spacial score (nSPS) is 22.4. The van der Waals surface area contributed by atoms with Crippen molar-refractivity contribution in [3.63, 3.8) is 0 Å². The summed E-state index contributed by atoms with van der Waals surface area (Å²) in [7, 11) is 0. The van der Waals surface area contributed by atoms with Gasteiger partial charge in [0.15, 0.2) is 0 Å². The Morgan fingerprint density at radius 3 is 2.70 bits per heavy atom. The zero-order valence-corrected chi connectivity index (χ0v) is 12.5. The van der Waals surface area contributed by atoms with Crippen LogP contribution in [0.3, 0.4) is 0 Å². The van der Waals surface area contributed by atoms with E-state index in [1.165, 1.54) is 5.56 Å². The van der Waals surface area contributed by atoms with E-state index in [2.05, 4.69) is 13.0 Å². The molecule has 3 nitrogen and oxygen atoms in total. The maximum atomic E-state index is 12.6. The predicted molar refractivity (Wildman–Crippen MR) is 78.9 cm³/mol. The number of halogens is 1. The van der Waals surface area contributed by atoms with Gasteiger partial charge in [-0.3, -0.25) is 4.79 Å². The number of benzene rings is 1. The number of likely N-dealkylation sites (tertiary alicyclic amines) is 1. The summed E-state index contributed by atoms with van der Waals surface area (Å²) in [6.07, 6.45) is 1.67. The van der Waals surface area contributed by atoms with Crippen molar-refractivity contribution in [2.75, 3.05) is 26.3 Å². The maximum absolute atomic E-state index is 12.6. The second-order valence-electron chi connectivity index (χ2n) is 6.14. The summed E-state index contributed by atoms with van der Waals surface area (Å²) >= 11 is 6.02. The Hall–Kier alpha value is -1.06. The molecule has 0 spiro atoms. The largest absolute Gasteiger partial charge is 0.381 e. The molecule has 1 amide bonds. The molecule has 2 aliphatic rings. The fourth-order valence-corrected chi connectivity index (χ4v) is 3.23. The Balaban J connectivity index is 1.61. The number of ether oxygens (including phenoxy) is 1. The molecule has 2 heterocycles. The van der Waals surface area contributed by atoms with Gasteiger partial charge in [-0.2, -0.15) is 0 Å². The highest BCUT2D eigenvalue weighted by atomic mass is 35.5. The van der Waals surface area contributed by atoms with Crippen molar-refractivity contribution in [3.8, 4) is 0 Å². The van der Waals surface area contributed by atoms with E-state index in [-0.39, 0.29) is 5.41 Å². The van der Waals surface area contributed by atoms with Crippen LogP contribution < -0.4 is 0 Å². The first-order chi connectivity index (χ1) is 9.58. The molecular formula is C16H20ClNO2. The van der Waals surface area contributed by atoms with Crippen LogP contribution in [0, 0.1) is 5.41 Å². The van der Waals surface area contributed by atoms with E-state index in [0.29, 0.717) is 25.0 Å². The highest BCUT2D eigenvalue weighted by molar-refractivity contribution is 6.30. The highest BCUT2D eigenvalue weighted by Gasteiger charge is 2.42. The van der Waals surface area contributed by atoms with Gasteiger partial charge in [-0.25, -0.2) is 0 Å². The Kier molecular flexibility index (Phi) is 3.74. The molecule has 0 saturated carbocycles. The summed E-state index contributed by atoms with van der Waals surface area (Å²) in [6, 6.07) is 7.95. The van der Waals surface area contributed by atoms with Crippen LogP contribution in [0.5, 0.6) is 0 Å². The van der Waals surface area contributed by atoms with Crippen molar-refractivity contribution in [3.05, 3.63) is 34.9 Å². The maximum Gasteiger partial charge on any atom is 0.228 e. The average Bonchev–Trinajstić information content (AvgIpc) is 2.38. The third-order valence-corrected chi connectivity index (χ3v) is 4.84. The molecule has 0 N–H and O–H groups in total. The first-order valence-electron chi connectivity index (χ1n) is 7.21. The summed E-state index contributed by atoms with van der Waals surface area (Å²) in [4.78, 5) is 14.6. The van der Waals surface area contributed by atoms with Crippen LogP contribution in [-0.2, 0) is 9.53 Å². The van der Waals surface area contributed by atoms with E-state index >= 15 is 0 Å². The molecule has 0 radical (unpaired) electrons. The number of carbonyl (C=O) groups excluding carboxylic acids is 1. The third-order valence-electron chi connectivity index (χ3n) is 4.60. The topological polar surface area (TPSA) is 29.5 Å². The zero-order valence-electron chi connectivity index (χ0n) is 11.8. The van der Waals surface area contributed by atoms with Gasteiger partial charge in [0.1, 0.15) is 0 Å². The lowest BCUT2D eigenvalue weighted by atomic mass is 9.79. The van der Waals surface area contributed by atoms with E-state index in [1.54, 1.807) is 0 Å². The number of rotatable bonds is 2. The third kappa shape index (κ3) is 2.57. The SMILES string of the molecule is CC1(C(=O)N2CC(c3cccc(Cl)c3)C2)CCOCC1. The first-order valence-corrected chi connectivity index (χ1v) is 7.59. The number of amides is 1. The lowest BCUT2D eigenvalue weighted by Gasteiger charge is -2.45. The molecule has 0 aromatic heterocycles. The molecule has 4 heteroatoms. The molecule has 0 atom stereocenters. The van der Waals surface area contributed by atoms with Crippen LogP contribution in [0.25, 0.3) is 0 Å². The monoisotopic (exact) mass is 293 g/mol. The average molecular weight is 294 g/mol. The minimum Gasteiger partial charge on any atom is -0.381 e. The van der Waals surface area contributed by atoms with Crippen LogP contribution in [-0.4, -0.2) is 37.1 Å². The van der Waals surface area contributed by atoms with Gasteiger partial charge >= 0.3 is 0 Å². The minimum atomic E-state index is -0.225. The van der Waals surface area contributed by atoms with Crippen molar-refractivity contribution in [2.45, 2.75) is 25.7 Å². The molecule has 1 aromatic carbocycles. The van der Waals surface area contributed by atoms with Gasteiger partial charge in [0.2, 0.25) is 5.91 Å². The van der Waals surface area contributed by atoms with E-state index in [1.807, 2.05) is 23.1 Å². The molecule has 20 heavy (non-hydrogen) atoms. The van der Waals surface area contributed by atoms with Crippen molar-refractivity contribution in [1.29, 1.82) is 0 Å². The number of carbonyl (C=O) groups is 1. The lowest BCUT2D eigenvalue weighted by molar-refractivity contribution is -0.151. The van der Waals surface area contributed by atoms with Gasteiger partial charge < -0.3 is 9.64 Å². The van der Waals surface area contributed by atoms with Crippen molar-refractivity contribution in [2.24, 2.45) is 5.41 Å². The molecule has 3 rings (SSSR count). The fraction of sp³-hybridized carbons (Fsp3) is 0.562. The first kappa shape index (κ1) is 13.9. The number of hydrogen-bond donors (Lipinski definition) is 0. The Morgan fingerprint density at radius 1 is 1.35 bits per heavy atom. The number of nitrogens with zero attached hydrogens (tertiary/aromatic N) is 1. The second-order valence-corrected chi connectivity index (χ2v) is 6.57. The van der Waals surface area contributed by atoms with Crippen molar-refractivity contribution < 1.29 is 9.53 Å². The smallest absolute Gasteiger partial charge is 0.228 e. The fourth-order valence-electron chi connectivity index (χ4n) is 3.03. The quantitative estimate of drug-likeness (QED) is 0.839. The summed E-state index contributed by atoms with van der Waals surface area (Å²) in [5.74, 6) is 0.722. The molecular weight excluding hydrogens is 274 g/mol. The lowest BCUT2D eigenvalue weighted by Crippen LogP contribution is -2.54. The van der Waals surface area contributed by atoms with Gasteiger partial charge in [-0.15, -0.1) is 0 Å². The van der Waals surface area contributed by atoms with E-state index in [9.17, 15) is 4.79 Å². The van der Waals surface area contributed by atoms with Gasteiger partial charge in [0.05, 0.1) is 5.41 Å². The van der Waals surface area contributed by atoms with Gasteiger partial charge in [0.25, 0.3) is 0 Å². The van der Waals surface area contributed by atoms with Crippen LogP contribution in [0.4, 0.5) is 0 Å². The van der Waals surface area contributed by atoms with Crippen LogP contribution in [0.2, 0.25) is 5.02 Å². The van der Waals surface area contributed by atoms with E-state index in [4.69, 9.17) is 16.3 Å². The summed E-state index contributed by atoms with van der Waals surface area (Å²) in [5.41, 5.74) is 1.01. The van der Waals surface area contributed by atoms with Gasteiger partial charge in [0, 0.05) is 37.2 Å². The van der Waals surface area contributed by atoms with Crippen LogP contribution in [0.15, 0.2) is 24.3 Å². The van der Waals surface area contributed by atoms with Gasteiger partial charge in [-0.05, 0) is 30.5 Å². The van der Waals surface area contributed by atoms with Crippen LogP contribution in [0.1, 0.15) is 31.2 Å². The minimum absolute atomic E-state index is 0.225. The molecule has 2 saturated heterocycles. The molecule has 108 valence electrons. The summed E-state index contributed by atoms with van der Waals surface area (Å²) < 4.78 is 5.36. The zero-order chi connectivity index (χ0) is 14.2. The molecule has 0 unspecified atom stereocenters. The second kappa shape index (κ2) is 5.38. The Bertz CT molecular complexity index is 505. The van der Waals surface area contributed by atoms with Crippen molar-refractivity contribution >= 4 is 17.5 Å². The molecule has 1 aromatic rings. The number of hydrogen-bond acceptors (Lipinski definition) is 2. The summed E-state index contributed by atoms with van der Waals surface area (Å²) in [5, 5.41) is 0.767. The molecule has 2 fully saturated rings. The predicted octanol–water partition coefficient (Wildman–Crippen LogP) is 3.08. The van der Waals surface area contributed by atoms with Crippen LogP contribution >= 0.6 is 11.6 Å². The summed E-state index contributed by atoms with van der Waals surface area (Å²) in [6.45, 7) is 5.11. The molecule has 0 aliphatic carbocycles. The Labute approximate surface area is 124 Å². The Morgan fingerprint density at radius 2 is 2.05 bits per heavy atom. The standard InChI is InChI=1S/C16H20ClNO2/c1-16(5-7-20-8-6-16)15(19)18-10-13(11-18)12-3-2-4-14(17)9-12/h2-4,9,13H,5-8,10-11H2,1H3. The molecule has 2 aliphatic heterocycles. The van der Waals surface area contributed by atoms with Crippen molar-refractivity contribution in [1.82, 2.24) is 4.90 Å². The van der Waals surface area contributed by atoms with E-state index in [0.717, 1.165) is 31.0 Å². The van der Waals surface area contributed by atoms with E-state index < -0.39 is 0 Å². The van der Waals surface area contributed by atoms with Gasteiger partial charge in [-0.1, -0.05) is 30.7 Å². The molecule has 0 bridgehead atoms. The highest BCUT2D eigenvalue weighted by Crippen LogP contribution is 2.37.